The van der Waals surface area contributed by atoms with Crippen LogP contribution in [-0.4, -0.2) is 0 Å². The quantitative estimate of drug-likeness (QED) is 0.128. The fourth-order valence-corrected chi connectivity index (χ4v) is 16.0. The monoisotopic (exact) mass is 1020 g/mol. The first kappa shape index (κ1) is 46.5. The summed E-state index contributed by atoms with van der Waals surface area (Å²) < 4.78 is 14.7. The lowest BCUT2D eigenvalue weighted by molar-refractivity contribution is 0.445. The second kappa shape index (κ2) is 19.1. The van der Waals surface area contributed by atoms with Crippen LogP contribution in [0.15, 0.2) is 179 Å². The molecule has 0 bridgehead atoms. The van der Waals surface area contributed by atoms with Gasteiger partial charge in [0.15, 0.2) is 11.2 Å². The van der Waals surface area contributed by atoms with E-state index in [0.717, 1.165) is 45.1 Å². The molecule has 0 atom stereocenters. The summed E-state index contributed by atoms with van der Waals surface area (Å²) in [5.74, 6) is 2.02. The molecule has 4 aliphatic rings. The third-order valence-electron chi connectivity index (χ3n) is 19.7. The van der Waals surface area contributed by atoms with Crippen LogP contribution in [0.1, 0.15) is 162 Å². The van der Waals surface area contributed by atoms with Crippen molar-refractivity contribution in [2.75, 3.05) is 9.80 Å². The lowest BCUT2D eigenvalue weighted by Crippen LogP contribution is -2.14. The number of hydrogen-bond donors (Lipinski definition) is 0. The smallest absolute Gasteiger partial charge is 0.159 e. The maximum Gasteiger partial charge on any atom is 0.159 e. The van der Waals surface area contributed by atoms with E-state index in [9.17, 15) is 0 Å². The van der Waals surface area contributed by atoms with Gasteiger partial charge in [-0.1, -0.05) is 186 Å². The zero-order valence-electron chi connectivity index (χ0n) is 44.9. The minimum absolute atomic E-state index is 0.466. The van der Waals surface area contributed by atoms with Crippen LogP contribution >= 0.6 is 0 Å². The van der Waals surface area contributed by atoms with Crippen molar-refractivity contribution < 1.29 is 8.83 Å². The minimum Gasteiger partial charge on any atom is -0.454 e. The zero-order chi connectivity index (χ0) is 51.3. The number of para-hydroxylation sites is 6. The second-order valence-corrected chi connectivity index (χ2v) is 24.0. The fourth-order valence-electron chi connectivity index (χ4n) is 16.0. The molecule has 4 nitrogen and oxygen atoms in total. The van der Waals surface area contributed by atoms with E-state index < -0.39 is 0 Å². The lowest BCUT2D eigenvalue weighted by atomic mass is 9.77. The molecule has 0 unspecified atom stereocenters. The number of furan rings is 2. The largest absolute Gasteiger partial charge is 0.454 e. The van der Waals surface area contributed by atoms with Gasteiger partial charge in [-0.05, 0) is 167 Å². The van der Waals surface area contributed by atoms with Crippen molar-refractivity contribution in [3.05, 3.63) is 192 Å². The normalized spacial score (nSPS) is 17.4. The van der Waals surface area contributed by atoms with Crippen LogP contribution in [0.5, 0.6) is 0 Å². The molecule has 16 rings (SSSR count). The molecule has 10 aromatic carbocycles. The second-order valence-electron chi connectivity index (χ2n) is 24.0. The summed E-state index contributed by atoms with van der Waals surface area (Å²) in [6, 6.07) is 65.2. The molecule has 386 valence electrons. The van der Waals surface area contributed by atoms with Crippen molar-refractivity contribution in [3.8, 4) is 0 Å². The Morgan fingerprint density at radius 1 is 0.256 bits per heavy atom. The highest BCUT2D eigenvalue weighted by molar-refractivity contribution is 6.30. The van der Waals surface area contributed by atoms with Gasteiger partial charge in [0.05, 0.1) is 22.7 Å². The Hall–Kier alpha value is -7.56. The van der Waals surface area contributed by atoms with Gasteiger partial charge in [-0.15, -0.1) is 0 Å². The van der Waals surface area contributed by atoms with Gasteiger partial charge in [0.25, 0.3) is 0 Å². The number of hydrogen-bond acceptors (Lipinski definition) is 4. The Labute approximate surface area is 458 Å². The third-order valence-corrected chi connectivity index (χ3v) is 19.7. The first-order chi connectivity index (χ1) is 38.7. The molecule has 0 amide bonds. The average Bonchev–Trinajstić information content (AvgIpc) is 4.27. The molecule has 4 fully saturated rings. The minimum atomic E-state index is 0.466. The van der Waals surface area contributed by atoms with Gasteiger partial charge in [0.1, 0.15) is 11.2 Å². The predicted octanol–water partition coefficient (Wildman–Crippen LogP) is 22.7. The van der Waals surface area contributed by atoms with Gasteiger partial charge < -0.3 is 18.6 Å². The van der Waals surface area contributed by atoms with Crippen LogP contribution in [0, 0.1) is 0 Å². The van der Waals surface area contributed by atoms with Crippen LogP contribution in [0.3, 0.4) is 0 Å². The van der Waals surface area contributed by atoms with Crippen LogP contribution in [0.2, 0.25) is 0 Å². The molecule has 0 radical (unpaired) electrons. The third kappa shape index (κ3) is 7.45. The van der Waals surface area contributed by atoms with Crippen LogP contribution in [0.25, 0.3) is 76.2 Å². The lowest BCUT2D eigenvalue weighted by Gasteiger charge is -2.33. The van der Waals surface area contributed by atoms with Crippen LogP contribution < -0.4 is 9.80 Å². The highest BCUT2D eigenvalue weighted by Crippen LogP contribution is 2.55. The Morgan fingerprint density at radius 2 is 0.590 bits per heavy atom. The van der Waals surface area contributed by atoms with E-state index in [1.165, 1.54) is 203 Å². The maximum absolute atomic E-state index is 7.36. The van der Waals surface area contributed by atoms with E-state index in [1.807, 2.05) is 0 Å². The predicted molar refractivity (Wildman–Crippen MR) is 328 cm³/mol. The summed E-state index contributed by atoms with van der Waals surface area (Å²) in [7, 11) is 0. The van der Waals surface area contributed by atoms with E-state index in [0.29, 0.717) is 23.7 Å². The van der Waals surface area contributed by atoms with E-state index in [4.69, 9.17) is 8.83 Å². The van der Waals surface area contributed by atoms with Gasteiger partial charge in [0.2, 0.25) is 0 Å². The molecule has 0 aliphatic heterocycles. The summed E-state index contributed by atoms with van der Waals surface area (Å²) in [6.45, 7) is 0. The highest BCUT2D eigenvalue weighted by Gasteiger charge is 2.32. The van der Waals surface area contributed by atoms with Gasteiger partial charge in [-0.2, -0.15) is 0 Å². The van der Waals surface area contributed by atoms with E-state index >= 15 is 0 Å². The summed E-state index contributed by atoms with van der Waals surface area (Å²) in [4.78, 5) is 5.14. The number of anilines is 6. The molecule has 4 saturated carbocycles. The maximum atomic E-state index is 7.36. The molecule has 2 aromatic heterocycles. The molecular formula is C74H68N2O2. The number of fused-ring (bicyclic) bond motifs is 6. The van der Waals surface area contributed by atoms with Gasteiger partial charge in [-0.25, -0.2) is 0 Å². The summed E-state index contributed by atoms with van der Waals surface area (Å²) in [5.41, 5.74) is 16.7. The van der Waals surface area contributed by atoms with Crippen molar-refractivity contribution >= 4 is 110 Å². The summed E-state index contributed by atoms with van der Waals surface area (Å²) >= 11 is 0. The Kier molecular flexibility index (Phi) is 11.4. The van der Waals surface area contributed by atoms with Gasteiger partial charge >= 0.3 is 0 Å². The first-order valence-electron chi connectivity index (χ1n) is 30.1. The van der Waals surface area contributed by atoms with E-state index in [-0.39, 0.29) is 0 Å². The Balaban J connectivity index is 0.997. The van der Waals surface area contributed by atoms with E-state index in [2.05, 4.69) is 180 Å². The molecule has 4 heteroatoms. The van der Waals surface area contributed by atoms with Gasteiger partial charge in [-0.3, -0.25) is 0 Å². The summed E-state index contributed by atoms with van der Waals surface area (Å²) in [5, 5.41) is 13.0. The number of rotatable bonds is 10. The SMILES string of the molecule is c1ccc(N(c2cc(C3CCCCC3)c3ccc4c(N(c5ccccc5)c5cccc6c5oc5c(C7CCCC7)cccc56)cc(C5CCCCC5)c5ccc2c3c54)c2cccc3c2oc2c(C4CCCC4)cccc23)cc1. The molecule has 78 heavy (non-hydrogen) atoms. The van der Waals surface area contributed by atoms with Crippen molar-refractivity contribution in [2.45, 2.75) is 139 Å². The van der Waals surface area contributed by atoms with Gasteiger partial charge in [0, 0.05) is 43.7 Å². The van der Waals surface area contributed by atoms with Crippen molar-refractivity contribution in [1.29, 1.82) is 0 Å². The highest BCUT2D eigenvalue weighted by atomic mass is 16.3. The molecule has 4 aliphatic carbocycles. The molecule has 0 N–H and O–H groups in total. The summed E-state index contributed by atoms with van der Waals surface area (Å²) in [6.07, 6.45) is 22.6. The van der Waals surface area contributed by atoms with Crippen LogP contribution in [0.4, 0.5) is 34.1 Å². The molecule has 2 heterocycles. The van der Waals surface area contributed by atoms with Crippen molar-refractivity contribution in [2.24, 2.45) is 0 Å². The standard InChI is InChI=1S/C74H68N2O2/c1-5-21-49(22-6-1)63-45-67(75(51-29-9-3-10-30-51)65-39-19-37-59-57-35-17-33-53(47-25-13-14-26-47)71(57)77-73(59)65)61-44-42-56-64(50-23-7-2-8-24-50)46-68(62-43-41-55(63)69(61)70(56)62)76(52-31-11-4-12-32-52)66-40-20-38-60-58-36-18-34-54(48-27-15-16-28-48)72(58)78-74(60)66/h3-4,9-12,17-20,29-50H,1-2,5-8,13-16,21-28H2. The van der Waals surface area contributed by atoms with Crippen molar-refractivity contribution in [3.63, 3.8) is 0 Å². The number of nitrogens with zero attached hydrogens (tertiary/aromatic N) is 2. The van der Waals surface area contributed by atoms with Crippen molar-refractivity contribution in [1.82, 2.24) is 0 Å². The molecule has 0 saturated heterocycles. The average molecular weight is 1020 g/mol. The first-order valence-corrected chi connectivity index (χ1v) is 30.1. The van der Waals surface area contributed by atoms with Crippen LogP contribution in [-0.2, 0) is 0 Å². The molecular weight excluding hydrogens is 949 g/mol. The Bertz CT molecular complexity index is 3930. The zero-order valence-corrected chi connectivity index (χ0v) is 44.9. The topological polar surface area (TPSA) is 32.8 Å². The molecule has 0 spiro atoms. The molecule has 12 aromatic rings. The number of benzene rings is 10. The van der Waals surface area contributed by atoms with E-state index in [1.54, 1.807) is 0 Å². The fraction of sp³-hybridized carbons (Fsp3) is 0.297. The Morgan fingerprint density at radius 3 is 0.987 bits per heavy atom.